The number of esters is 1. The number of isothiocyanates is 1. The molecule has 0 atom stereocenters. The Hall–Kier alpha value is -2.62. The van der Waals surface area contributed by atoms with Crippen molar-refractivity contribution < 1.29 is 14.3 Å². The van der Waals surface area contributed by atoms with Gasteiger partial charge in [0.1, 0.15) is 6.54 Å². The summed E-state index contributed by atoms with van der Waals surface area (Å²) in [5.41, 5.74) is 2.66. The van der Waals surface area contributed by atoms with Crippen LogP contribution in [0.3, 0.4) is 0 Å². The molecule has 0 unspecified atom stereocenters. The van der Waals surface area contributed by atoms with Gasteiger partial charge in [-0.05, 0) is 41.5 Å². The van der Waals surface area contributed by atoms with E-state index >= 15 is 0 Å². The normalized spacial score (nSPS) is 9.68. The number of aliphatic imine (C=N–C) groups is 1. The highest BCUT2D eigenvalue weighted by Crippen LogP contribution is 2.22. The SMILES string of the molecule is COC(=O)c1cccc(-c2cccc(C(=O)CN=C=S)c2)c1. The Balaban J connectivity index is 2.35. The predicted octanol–water partition coefficient (Wildman–Crippen LogP) is 3.43. The van der Waals surface area contributed by atoms with E-state index in [0.717, 1.165) is 11.1 Å². The van der Waals surface area contributed by atoms with Gasteiger partial charge < -0.3 is 4.74 Å². The van der Waals surface area contributed by atoms with Crippen LogP contribution in [0.5, 0.6) is 0 Å². The molecular formula is C17H13NO3S. The molecule has 2 aromatic carbocycles. The Morgan fingerprint density at radius 3 is 2.27 bits per heavy atom. The first-order valence-corrected chi connectivity index (χ1v) is 6.92. The second-order valence-electron chi connectivity index (χ2n) is 4.48. The van der Waals surface area contributed by atoms with Crippen LogP contribution in [0.25, 0.3) is 11.1 Å². The number of methoxy groups -OCH3 is 1. The molecule has 0 fully saturated rings. The van der Waals surface area contributed by atoms with Gasteiger partial charge in [-0.1, -0.05) is 30.3 Å². The first-order chi connectivity index (χ1) is 10.7. The van der Waals surface area contributed by atoms with E-state index in [1.54, 1.807) is 36.4 Å². The molecule has 0 aliphatic carbocycles. The molecule has 0 saturated heterocycles. The lowest BCUT2D eigenvalue weighted by atomic mass is 9.99. The van der Waals surface area contributed by atoms with Crippen LogP contribution in [0.15, 0.2) is 53.5 Å². The molecule has 0 bridgehead atoms. The Bertz CT molecular complexity index is 764. The lowest BCUT2D eigenvalue weighted by molar-refractivity contribution is 0.0600. The number of ketones is 1. The molecule has 2 aromatic rings. The summed E-state index contributed by atoms with van der Waals surface area (Å²) in [7, 11) is 1.34. The minimum absolute atomic E-state index is 0.0187. The zero-order valence-corrected chi connectivity index (χ0v) is 12.7. The van der Waals surface area contributed by atoms with Gasteiger partial charge in [0.25, 0.3) is 0 Å². The van der Waals surface area contributed by atoms with Gasteiger partial charge in [0, 0.05) is 5.56 Å². The fourth-order valence-electron chi connectivity index (χ4n) is 2.01. The molecule has 0 amide bonds. The maximum absolute atomic E-state index is 12.0. The smallest absolute Gasteiger partial charge is 0.337 e. The third-order valence-electron chi connectivity index (χ3n) is 3.09. The zero-order valence-electron chi connectivity index (χ0n) is 11.9. The largest absolute Gasteiger partial charge is 0.465 e. The summed E-state index contributed by atoms with van der Waals surface area (Å²) < 4.78 is 4.71. The summed E-state index contributed by atoms with van der Waals surface area (Å²) in [5, 5.41) is 2.18. The molecule has 2 rings (SSSR count). The van der Waals surface area contributed by atoms with Crippen molar-refractivity contribution in [3.05, 3.63) is 59.7 Å². The molecule has 4 nitrogen and oxygen atoms in total. The van der Waals surface area contributed by atoms with E-state index in [0.29, 0.717) is 11.1 Å². The van der Waals surface area contributed by atoms with E-state index in [-0.39, 0.29) is 12.3 Å². The number of carbonyl (C=O) groups is 2. The van der Waals surface area contributed by atoms with Crippen molar-refractivity contribution in [2.24, 2.45) is 4.99 Å². The maximum atomic E-state index is 12.0. The summed E-state index contributed by atoms with van der Waals surface area (Å²) in [6.45, 7) is -0.0187. The number of nitrogens with zero attached hydrogens (tertiary/aromatic N) is 1. The Kier molecular flexibility index (Phi) is 5.31. The fourth-order valence-corrected chi connectivity index (χ4v) is 2.08. The van der Waals surface area contributed by atoms with E-state index < -0.39 is 5.97 Å². The van der Waals surface area contributed by atoms with E-state index in [4.69, 9.17) is 4.74 Å². The van der Waals surface area contributed by atoms with Gasteiger partial charge in [0.05, 0.1) is 17.8 Å². The number of rotatable bonds is 5. The molecule has 0 saturated carbocycles. The van der Waals surface area contributed by atoms with Crippen LogP contribution in [-0.4, -0.2) is 30.6 Å². The highest BCUT2D eigenvalue weighted by atomic mass is 32.1. The van der Waals surface area contributed by atoms with Crippen LogP contribution in [-0.2, 0) is 4.74 Å². The molecule has 0 aliphatic rings. The summed E-state index contributed by atoms with van der Waals surface area (Å²) in [6.07, 6.45) is 0. The number of Topliss-reactive ketones (excluding diaryl/α,β-unsaturated/α-hetero) is 1. The highest BCUT2D eigenvalue weighted by molar-refractivity contribution is 7.78. The minimum atomic E-state index is -0.399. The van der Waals surface area contributed by atoms with Crippen molar-refractivity contribution in [3.63, 3.8) is 0 Å². The second kappa shape index (κ2) is 7.41. The Morgan fingerprint density at radius 1 is 1.09 bits per heavy atom. The third kappa shape index (κ3) is 3.73. The van der Waals surface area contributed by atoms with Gasteiger partial charge in [-0.25, -0.2) is 9.79 Å². The number of benzene rings is 2. The van der Waals surface area contributed by atoms with E-state index in [1.807, 2.05) is 12.1 Å². The van der Waals surface area contributed by atoms with Crippen molar-refractivity contribution in [3.8, 4) is 11.1 Å². The van der Waals surface area contributed by atoms with Crippen LogP contribution < -0.4 is 0 Å². The predicted molar refractivity (Wildman–Crippen MR) is 87.4 cm³/mol. The first kappa shape index (κ1) is 15.8. The Morgan fingerprint density at radius 2 is 1.68 bits per heavy atom. The van der Waals surface area contributed by atoms with Crippen LogP contribution in [0.2, 0.25) is 0 Å². The van der Waals surface area contributed by atoms with Gasteiger partial charge >= 0.3 is 5.97 Å². The Labute approximate surface area is 133 Å². The van der Waals surface area contributed by atoms with Crippen LogP contribution >= 0.6 is 12.2 Å². The molecular weight excluding hydrogens is 298 g/mol. The molecule has 110 valence electrons. The van der Waals surface area contributed by atoms with Gasteiger partial charge in [0.2, 0.25) is 0 Å². The third-order valence-corrected chi connectivity index (χ3v) is 3.22. The standard InChI is InChI=1S/C17H13NO3S/c1-21-17(20)15-7-3-5-13(9-15)12-4-2-6-14(8-12)16(19)10-18-11-22/h2-9H,10H2,1H3. The van der Waals surface area contributed by atoms with Crippen molar-refractivity contribution in [2.75, 3.05) is 13.7 Å². The summed E-state index contributed by atoms with van der Waals surface area (Å²) in [4.78, 5) is 27.2. The average molecular weight is 311 g/mol. The molecule has 5 heteroatoms. The van der Waals surface area contributed by atoms with Crippen LogP contribution in [0, 0.1) is 0 Å². The summed E-state index contributed by atoms with van der Waals surface area (Å²) >= 11 is 4.46. The van der Waals surface area contributed by atoms with Crippen molar-refractivity contribution in [1.82, 2.24) is 0 Å². The van der Waals surface area contributed by atoms with Gasteiger partial charge in [-0.2, -0.15) is 0 Å². The molecule has 0 N–H and O–H groups in total. The monoisotopic (exact) mass is 311 g/mol. The van der Waals surface area contributed by atoms with Crippen molar-refractivity contribution in [2.45, 2.75) is 0 Å². The quantitative estimate of drug-likeness (QED) is 0.367. The molecule has 0 aromatic heterocycles. The number of carbonyl (C=O) groups excluding carboxylic acids is 2. The highest BCUT2D eigenvalue weighted by Gasteiger charge is 2.09. The molecule has 0 aliphatic heterocycles. The van der Waals surface area contributed by atoms with Gasteiger partial charge in [-0.15, -0.1) is 0 Å². The topological polar surface area (TPSA) is 55.7 Å². The number of hydrogen-bond acceptors (Lipinski definition) is 5. The van der Waals surface area contributed by atoms with Gasteiger partial charge in [-0.3, -0.25) is 4.79 Å². The second-order valence-corrected chi connectivity index (χ2v) is 4.67. The van der Waals surface area contributed by atoms with E-state index in [9.17, 15) is 9.59 Å². The van der Waals surface area contributed by atoms with E-state index in [2.05, 4.69) is 22.4 Å². The average Bonchev–Trinajstić information content (AvgIpc) is 2.59. The van der Waals surface area contributed by atoms with Crippen LogP contribution in [0.1, 0.15) is 20.7 Å². The molecule has 0 heterocycles. The van der Waals surface area contributed by atoms with Crippen molar-refractivity contribution >= 4 is 29.1 Å². The lowest BCUT2D eigenvalue weighted by Crippen LogP contribution is -2.03. The van der Waals surface area contributed by atoms with Gasteiger partial charge in [0.15, 0.2) is 5.78 Å². The van der Waals surface area contributed by atoms with E-state index in [1.165, 1.54) is 7.11 Å². The minimum Gasteiger partial charge on any atom is -0.465 e. The van der Waals surface area contributed by atoms with Crippen LogP contribution in [0.4, 0.5) is 0 Å². The summed E-state index contributed by atoms with van der Waals surface area (Å²) in [5.74, 6) is -0.535. The number of ether oxygens (including phenoxy) is 1. The lowest BCUT2D eigenvalue weighted by Gasteiger charge is -2.06. The number of hydrogen-bond donors (Lipinski definition) is 0. The maximum Gasteiger partial charge on any atom is 0.337 e. The molecule has 0 spiro atoms. The summed E-state index contributed by atoms with van der Waals surface area (Å²) in [6, 6.07) is 14.2. The van der Waals surface area contributed by atoms with Crippen molar-refractivity contribution in [1.29, 1.82) is 0 Å². The molecule has 22 heavy (non-hydrogen) atoms. The molecule has 0 radical (unpaired) electrons. The zero-order chi connectivity index (χ0) is 15.9. The fraction of sp³-hybridized carbons (Fsp3) is 0.118. The first-order valence-electron chi connectivity index (χ1n) is 6.51. The number of thiocarbonyl (C=S) groups is 1.